The number of nitrogens with one attached hydrogen (secondary N) is 1. The molecule has 1 aliphatic heterocycles. The predicted molar refractivity (Wildman–Crippen MR) is 90.5 cm³/mol. The van der Waals surface area contributed by atoms with Gasteiger partial charge in [-0.1, -0.05) is 13.8 Å². The zero-order valence-electron chi connectivity index (χ0n) is 14.4. The zero-order chi connectivity index (χ0) is 16.3. The maximum absolute atomic E-state index is 12.5. The van der Waals surface area contributed by atoms with Crippen molar-refractivity contribution in [2.45, 2.75) is 26.7 Å². The van der Waals surface area contributed by atoms with Crippen LogP contribution in [-0.2, 0) is 12.8 Å². The van der Waals surface area contributed by atoms with Crippen LogP contribution in [0.1, 0.15) is 35.5 Å². The summed E-state index contributed by atoms with van der Waals surface area (Å²) in [6.45, 7) is 7.16. The van der Waals surface area contributed by atoms with Crippen LogP contribution in [0.15, 0.2) is 6.07 Å². The van der Waals surface area contributed by atoms with E-state index in [1.165, 1.54) is 5.56 Å². The number of hydrogen-bond acceptors (Lipinski definition) is 4. The van der Waals surface area contributed by atoms with Crippen molar-refractivity contribution in [2.24, 2.45) is 5.92 Å². The van der Waals surface area contributed by atoms with Gasteiger partial charge in [0, 0.05) is 45.8 Å². The Labute approximate surface area is 133 Å². The highest BCUT2D eigenvalue weighted by atomic mass is 16.2. The second kappa shape index (κ2) is 7.09. The Morgan fingerprint density at radius 3 is 2.68 bits per heavy atom. The standard InChI is InChI=1S/C17H28N4O/c1-12(2)11-18-16-14(17(22)20(3)4)10-13-6-8-21(5)9-7-15(13)19-16/h10,12H,6-9,11H2,1-5H3,(H,18,19). The summed E-state index contributed by atoms with van der Waals surface area (Å²) in [7, 11) is 5.71. The molecule has 0 spiro atoms. The Balaban J connectivity index is 2.38. The molecule has 0 saturated carbocycles. The lowest BCUT2D eigenvalue weighted by Crippen LogP contribution is -2.25. The molecule has 22 heavy (non-hydrogen) atoms. The molecule has 2 heterocycles. The van der Waals surface area contributed by atoms with Gasteiger partial charge in [0.2, 0.25) is 0 Å². The van der Waals surface area contributed by atoms with Crippen molar-refractivity contribution < 1.29 is 4.79 Å². The largest absolute Gasteiger partial charge is 0.369 e. The summed E-state index contributed by atoms with van der Waals surface area (Å²) in [5, 5.41) is 3.36. The van der Waals surface area contributed by atoms with Crippen LogP contribution in [0, 0.1) is 5.92 Å². The molecule has 5 heteroatoms. The number of anilines is 1. The summed E-state index contributed by atoms with van der Waals surface area (Å²) in [6.07, 6.45) is 1.90. The predicted octanol–water partition coefficient (Wildman–Crippen LogP) is 1.88. The van der Waals surface area contributed by atoms with Crippen molar-refractivity contribution in [2.75, 3.05) is 46.1 Å². The summed E-state index contributed by atoms with van der Waals surface area (Å²) in [6, 6.07) is 2.05. The number of hydrogen-bond donors (Lipinski definition) is 1. The van der Waals surface area contributed by atoms with E-state index in [9.17, 15) is 4.79 Å². The third kappa shape index (κ3) is 3.97. The molecule has 0 fully saturated rings. The molecule has 122 valence electrons. The van der Waals surface area contributed by atoms with Crippen molar-refractivity contribution in [1.82, 2.24) is 14.8 Å². The molecule has 0 unspecified atom stereocenters. The lowest BCUT2D eigenvalue weighted by Gasteiger charge is -2.18. The van der Waals surface area contributed by atoms with Gasteiger partial charge in [0.15, 0.2) is 0 Å². The maximum atomic E-state index is 12.5. The number of likely N-dealkylation sites (N-methyl/N-ethyl adjacent to an activating group) is 1. The van der Waals surface area contributed by atoms with Gasteiger partial charge in [-0.25, -0.2) is 4.98 Å². The molecule has 1 amide bonds. The third-order valence-corrected chi connectivity index (χ3v) is 4.00. The van der Waals surface area contributed by atoms with Crippen molar-refractivity contribution in [3.63, 3.8) is 0 Å². The molecule has 2 rings (SSSR count). The van der Waals surface area contributed by atoms with Crippen LogP contribution in [0.3, 0.4) is 0 Å². The molecule has 0 radical (unpaired) electrons. The Morgan fingerprint density at radius 2 is 2.05 bits per heavy atom. The highest BCUT2D eigenvalue weighted by Crippen LogP contribution is 2.22. The first-order valence-electron chi connectivity index (χ1n) is 8.05. The van der Waals surface area contributed by atoms with E-state index in [0.717, 1.165) is 44.0 Å². The van der Waals surface area contributed by atoms with Crippen molar-refractivity contribution in [3.8, 4) is 0 Å². The Hall–Kier alpha value is -1.62. The summed E-state index contributed by atoms with van der Waals surface area (Å²) in [5.41, 5.74) is 3.03. The first-order chi connectivity index (χ1) is 10.4. The van der Waals surface area contributed by atoms with Crippen molar-refractivity contribution in [1.29, 1.82) is 0 Å². The van der Waals surface area contributed by atoms with Gasteiger partial charge in [-0.05, 0) is 31.0 Å². The Kier molecular flexibility index (Phi) is 5.40. The molecule has 0 atom stereocenters. The maximum Gasteiger partial charge on any atom is 0.257 e. The van der Waals surface area contributed by atoms with Gasteiger partial charge in [0.25, 0.3) is 5.91 Å². The average molecular weight is 304 g/mol. The fourth-order valence-electron chi connectivity index (χ4n) is 2.59. The topological polar surface area (TPSA) is 48.5 Å². The van der Waals surface area contributed by atoms with Gasteiger partial charge in [-0.15, -0.1) is 0 Å². The van der Waals surface area contributed by atoms with E-state index in [1.807, 2.05) is 6.07 Å². The summed E-state index contributed by atoms with van der Waals surface area (Å²) >= 11 is 0. The Morgan fingerprint density at radius 1 is 1.36 bits per heavy atom. The second-order valence-corrected chi connectivity index (χ2v) is 6.77. The van der Waals surface area contributed by atoms with E-state index in [2.05, 4.69) is 31.1 Å². The molecule has 0 saturated heterocycles. The molecule has 0 aliphatic carbocycles. The number of fused-ring (bicyclic) bond motifs is 1. The number of carbonyl (C=O) groups is 1. The van der Waals surface area contributed by atoms with Crippen LogP contribution in [0.2, 0.25) is 0 Å². The van der Waals surface area contributed by atoms with Crippen LogP contribution in [0.5, 0.6) is 0 Å². The van der Waals surface area contributed by atoms with Crippen LogP contribution >= 0.6 is 0 Å². The molecule has 0 bridgehead atoms. The molecular formula is C17H28N4O. The summed E-state index contributed by atoms with van der Waals surface area (Å²) in [5.74, 6) is 1.25. The van der Waals surface area contributed by atoms with Crippen molar-refractivity contribution in [3.05, 3.63) is 22.9 Å². The lowest BCUT2D eigenvalue weighted by atomic mass is 10.0. The van der Waals surface area contributed by atoms with Crippen LogP contribution < -0.4 is 5.32 Å². The molecule has 1 aromatic rings. The van der Waals surface area contributed by atoms with Gasteiger partial charge < -0.3 is 15.1 Å². The first kappa shape index (κ1) is 16.7. The highest BCUT2D eigenvalue weighted by Gasteiger charge is 2.20. The molecule has 0 aromatic carbocycles. The minimum atomic E-state index is 0.0131. The Bertz CT molecular complexity index is 540. The normalized spacial score (nSPS) is 15.4. The van der Waals surface area contributed by atoms with Crippen LogP contribution in [0.4, 0.5) is 5.82 Å². The van der Waals surface area contributed by atoms with E-state index in [4.69, 9.17) is 4.98 Å². The lowest BCUT2D eigenvalue weighted by molar-refractivity contribution is 0.0828. The smallest absolute Gasteiger partial charge is 0.257 e. The van der Waals surface area contributed by atoms with Gasteiger partial charge in [-0.2, -0.15) is 0 Å². The van der Waals surface area contributed by atoms with E-state index < -0.39 is 0 Å². The molecule has 5 nitrogen and oxygen atoms in total. The molecule has 1 aromatic heterocycles. The van der Waals surface area contributed by atoms with Crippen molar-refractivity contribution >= 4 is 11.7 Å². The van der Waals surface area contributed by atoms with Crippen LogP contribution in [-0.4, -0.2) is 61.5 Å². The first-order valence-corrected chi connectivity index (χ1v) is 8.05. The molecule has 1 N–H and O–H groups in total. The zero-order valence-corrected chi connectivity index (χ0v) is 14.4. The number of aromatic nitrogens is 1. The molecular weight excluding hydrogens is 276 g/mol. The third-order valence-electron chi connectivity index (χ3n) is 4.00. The number of amides is 1. The van der Waals surface area contributed by atoms with Gasteiger partial charge in [0.05, 0.1) is 5.56 Å². The van der Waals surface area contributed by atoms with Gasteiger partial charge in [0.1, 0.15) is 5.82 Å². The SMILES string of the molecule is CC(C)CNc1nc2c(cc1C(=O)N(C)C)CCN(C)CC2. The fourth-order valence-corrected chi connectivity index (χ4v) is 2.59. The summed E-state index contributed by atoms with van der Waals surface area (Å²) in [4.78, 5) is 21.2. The second-order valence-electron chi connectivity index (χ2n) is 6.77. The fraction of sp³-hybridized carbons (Fsp3) is 0.647. The molecule has 1 aliphatic rings. The highest BCUT2D eigenvalue weighted by molar-refractivity contribution is 5.98. The minimum absolute atomic E-state index is 0.0131. The number of carbonyl (C=O) groups excluding carboxylic acids is 1. The van der Waals surface area contributed by atoms with E-state index in [-0.39, 0.29) is 5.91 Å². The van der Waals surface area contributed by atoms with E-state index in [0.29, 0.717) is 11.5 Å². The van der Waals surface area contributed by atoms with Crippen LogP contribution in [0.25, 0.3) is 0 Å². The summed E-state index contributed by atoms with van der Waals surface area (Å²) < 4.78 is 0. The quantitative estimate of drug-likeness (QED) is 0.923. The number of nitrogens with zero attached hydrogens (tertiary/aromatic N) is 3. The average Bonchev–Trinajstić information content (AvgIpc) is 2.65. The minimum Gasteiger partial charge on any atom is -0.369 e. The van der Waals surface area contributed by atoms with E-state index in [1.54, 1.807) is 19.0 Å². The van der Waals surface area contributed by atoms with Gasteiger partial charge in [-0.3, -0.25) is 4.79 Å². The number of rotatable bonds is 4. The van der Waals surface area contributed by atoms with E-state index >= 15 is 0 Å². The number of pyridine rings is 1. The monoisotopic (exact) mass is 304 g/mol. The van der Waals surface area contributed by atoms with Gasteiger partial charge >= 0.3 is 0 Å².